The summed E-state index contributed by atoms with van der Waals surface area (Å²) in [7, 11) is -4.06. The fraction of sp³-hybridized carbons (Fsp3) is 0.500. The number of rotatable bonds is 7. The number of thiazole rings is 1. The Morgan fingerprint density at radius 2 is 2.10 bits per heavy atom. The summed E-state index contributed by atoms with van der Waals surface area (Å²) in [5, 5.41) is 11.4. The Kier molecular flexibility index (Phi) is 5.60. The minimum Gasteiger partial charge on any atom is -0.476 e. The Morgan fingerprint density at radius 3 is 2.65 bits per heavy atom. The van der Waals surface area contributed by atoms with Crippen LogP contribution in [-0.2, 0) is 14.8 Å². The number of aromatic nitrogens is 1. The van der Waals surface area contributed by atoms with Crippen molar-refractivity contribution < 1.29 is 23.1 Å². The average molecular weight is 321 g/mol. The smallest absolute Gasteiger partial charge is 0.356 e. The van der Waals surface area contributed by atoms with Crippen LogP contribution in [0.3, 0.4) is 0 Å². The summed E-state index contributed by atoms with van der Waals surface area (Å²) in [4.78, 5) is 25.7. The van der Waals surface area contributed by atoms with Gasteiger partial charge < -0.3 is 10.4 Å². The maximum Gasteiger partial charge on any atom is 0.356 e. The van der Waals surface area contributed by atoms with E-state index in [2.05, 4.69) is 10.3 Å². The molecule has 1 rings (SSSR count). The van der Waals surface area contributed by atoms with Crippen molar-refractivity contribution in [3.05, 3.63) is 11.2 Å². The van der Waals surface area contributed by atoms with Gasteiger partial charge in [0.1, 0.15) is 0 Å². The summed E-state index contributed by atoms with van der Waals surface area (Å²) in [6, 6.07) is 0. The van der Waals surface area contributed by atoms with Gasteiger partial charge in [-0.25, -0.2) is 22.9 Å². The Labute approximate surface area is 120 Å². The molecule has 0 saturated carbocycles. The molecule has 0 spiro atoms. The number of hydrogen-bond donors (Lipinski definition) is 3. The number of carboxylic acid groups (broad SMARTS) is 1. The van der Waals surface area contributed by atoms with Gasteiger partial charge in [0.15, 0.2) is 9.90 Å². The first-order valence-corrected chi connectivity index (χ1v) is 8.03. The van der Waals surface area contributed by atoms with Gasteiger partial charge in [0, 0.05) is 6.54 Å². The number of aromatic carboxylic acids is 1. The molecule has 1 heterocycles. The normalized spacial score (nSPS) is 11.6. The van der Waals surface area contributed by atoms with Crippen LogP contribution < -0.4 is 10.0 Å². The summed E-state index contributed by atoms with van der Waals surface area (Å²) in [6.45, 7) is 3.79. The molecule has 1 amide bonds. The molecule has 20 heavy (non-hydrogen) atoms. The van der Waals surface area contributed by atoms with E-state index in [1.807, 2.05) is 18.6 Å². The highest BCUT2D eigenvalue weighted by Crippen LogP contribution is 2.19. The summed E-state index contributed by atoms with van der Waals surface area (Å²) in [5.41, 5.74) is 0.571. The highest BCUT2D eigenvalue weighted by atomic mass is 32.2. The number of sulfonamides is 1. The lowest BCUT2D eigenvalue weighted by atomic mass is 10.2. The predicted octanol–water partition coefficient (Wildman–Crippen LogP) is -0.108. The van der Waals surface area contributed by atoms with E-state index in [4.69, 9.17) is 5.11 Å². The van der Waals surface area contributed by atoms with Crippen molar-refractivity contribution in [1.29, 1.82) is 0 Å². The molecule has 0 bridgehead atoms. The third-order valence-corrected chi connectivity index (χ3v) is 4.88. The van der Waals surface area contributed by atoms with Crippen molar-refractivity contribution in [1.82, 2.24) is 15.0 Å². The van der Waals surface area contributed by atoms with Crippen LogP contribution in [0.25, 0.3) is 0 Å². The van der Waals surface area contributed by atoms with E-state index in [1.54, 1.807) is 0 Å². The molecule has 10 heteroatoms. The maximum atomic E-state index is 11.9. The minimum atomic E-state index is -4.06. The first-order valence-electron chi connectivity index (χ1n) is 5.67. The van der Waals surface area contributed by atoms with E-state index in [1.165, 1.54) is 0 Å². The van der Waals surface area contributed by atoms with Crippen LogP contribution in [0.4, 0.5) is 0 Å². The van der Waals surface area contributed by atoms with E-state index >= 15 is 0 Å². The van der Waals surface area contributed by atoms with Gasteiger partial charge >= 0.3 is 5.97 Å². The summed E-state index contributed by atoms with van der Waals surface area (Å²) in [5.74, 6) is -1.67. The highest BCUT2D eigenvalue weighted by molar-refractivity contribution is 7.91. The zero-order valence-corrected chi connectivity index (χ0v) is 12.5. The first-order chi connectivity index (χ1) is 9.24. The second-order valence-corrected chi connectivity index (χ2v) is 7.13. The van der Waals surface area contributed by atoms with E-state index in [-0.39, 0.29) is 5.92 Å². The standard InChI is InChI=1S/C10H15N3O5S2/c1-6(2)3-11-7(14)4-13-20(17,18)10-8(9(15)16)12-5-19-10/h5-6,13H,3-4H2,1-2H3,(H,11,14)(H,15,16). The number of nitrogens with one attached hydrogen (secondary N) is 2. The van der Waals surface area contributed by atoms with Crippen LogP contribution in [-0.4, -0.2) is 43.5 Å². The largest absolute Gasteiger partial charge is 0.476 e. The highest BCUT2D eigenvalue weighted by Gasteiger charge is 2.25. The number of hydrogen-bond acceptors (Lipinski definition) is 6. The van der Waals surface area contributed by atoms with Gasteiger partial charge in [0.2, 0.25) is 5.91 Å². The molecule has 0 aromatic carbocycles. The topological polar surface area (TPSA) is 125 Å². The van der Waals surface area contributed by atoms with Gasteiger partial charge in [-0.3, -0.25) is 4.79 Å². The van der Waals surface area contributed by atoms with Crippen LogP contribution in [0.2, 0.25) is 0 Å². The number of carboxylic acids is 1. The molecular weight excluding hydrogens is 306 g/mol. The van der Waals surface area contributed by atoms with Crippen LogP contribution in [0.15, 0.2) is 9.72 Å². The number of carbonyl (C=O) groups is 2. The third-order valence-electron chi connectivity index (χ3n) is 2.11. The zero-order chi connectivity index (χ0) is 15.3. The van der Waals surface area contributed by atoms with Gasteiger partial charge in [-0.1, -0.05) is 13.8 Å². The quantitative estimate of drug-likeness (QED) is 0.643. The van der Waals surface area contributed by atoms with Gasteiger partial charge in [-0.05, 0) is 5.92 Å². The van der Waals surface area contributed by atoms with Crippen LogP contribution >= 0.6 is 11.3 Å². The Bertz CT molecular complexity index is 594. The SMILES string of the molecule is CC(C)CNC(=O)CNS(=O)(=O)c1scnc1C(=O)O. The van der Waals surface area contributed by atoms with Gasteiger partial charge in [0.05, 0.1) is 12.1 Å². The van der Waals surface area contributed by atoms with E-state index in [9.17, 15) is 18.0 Å². The van der Waals surface area contributed by atoms with E-state index in [0.717, 1.165) is 5.51 Å². The number of amides is 1. The number of nitrogens with zero attached hydrogens (tertiary/aromatic N) is 1. The average Bonchev–Trinajstić information content (AvgIpc) is 2.84. The van der Waals surface area contributed by atoms with Gasteiger partial charge in [-0.2, -0.15) is 0 Å². The second-order valence-electron chi connectivity index (χ2n) is 4.32. The summed E-state index contributed by atoms with van der Waals surface area (Å²) in [6.07, 6.45) is 0. The summed E-state index contributed by atoms with van der Waals surface area (Å²) < 4.78 is 25.4. The molecule has 0 radical (unpaired) electrons. The predicted molar refractivity (Wildman–Crippen MR) is 72.1 cm³/mol. The zero-order valence-electron chi connectivity index (χ0n) is 10.9. The lowest BCUT2D eigenvalue weighted by Crippen LogP contribution is -2.38. The van der Waals surface area contributed by atoms with Gasteiger partial charge in [-0.15, -0.1) is 11.3 Å². The van der Waals surface area contributed by atoms with Crippen LogP contribution in [0.5, 0.6) is 0 Å². The Hall–Kier alpha value is -1.52. The second kappa shape index (κ2) is 6.77. The Balaban J connectivity index is 2.69. The molecule has 0 aliphatic carbocycles. The first kappa shape index (κ1) is 16.5. The van der Waals surface area contributed by atoms with E-state index in [0.29, 0.717) is 17.9 Å². The molecule has 0 fully saturated rings. The lowest BCUT2D eigenvalue weighted by Gasteiger charge is -2.08. The van der Waals surface area contributed by atoms with Crippen molar-refractivity contribution in [2.75, 3.05) is 13.1 Å². The molecule has 1 aromatic rings. The molecule has 3 N–H and O–H groups in total. The molecular formula is C10H15N3O5S2. The molecule has 8 nitrogen and oxygen atoms in total. The third kappa shape index (κ3) is 4.54. The van der Waals surface area contributed by atoms with Crippen LogP contribution in [0.1, 0.15) is 24.3 Å². The minimum absolute atomic E-state index is 0.246. The molecule has 112 valence electrons. The lowest BCUT2D eigenvalue weighted by molar-refractivity contribution is -0.120. The van der Waals surface area contributed by atoms with Gasteiger partial charge in [0.25, 0.3) is 10.0 Å². The van der Waals surface area contributed by atoms with Crippen molar-refractivity contribution in [3.8, 4) is 0 Å². The van der Waals surface area contributed by atoms with E-state index < -0.39 is 38.3 Å². The maximum absolute atomic E-state index is 11.9. The Morgan fingerprint density at radius 1 is 1.45 bits per heavy atom. The van der Waals surface area contributed by atoms with Crippen molar-refractivity contribution in [2.45, 2.75) is 18.1 Å². The molecule has 0 unspecified atom stereocenters. The van der Waals surface area contributed by atoms with Crippen molar-refractivity contribution in [3.63, 3.8) is 0 Å². The fourth-order valence-corrected chi connectivity index (χ4v) is 3.34. The fourth-order valence-electron chi connectivity index (χ4n) is 1.18. The molecule has 1 aromatic heterocycles. The van der Waals surface area contributed by atoms with Crippen molar-refractivity contribution >= 4 is 33.2 Å². The molecule has 0 saturated heterocycles. The van der Waals surface area contributed by atoms with Crippen LogP contribution in [0, 0.1) is 5.92 Å². The molecule has 0 aliphatic heterocycles. The van der Waals surface area contributed by atoms with Crippen molar-refractivity contribution in [2.24, 2.45) is 5.92 Å². The monoisotopic (exact) mass is 321 g/mol. The molecule has 0 aliphatic rings. The summed E-state index contributed by atoms with van der Waals surface area (Å²) >= 11 is 0.681. The number of carbonyl (C=O) groups excluding carboxylic acids is 1. The molecule has 0 atom stereocenters.